The van der Waals surface area contributed by atoms with E-state index in [0.717, 1.165) is 5.57 Å². The van der Waals surface area contributed by atoms with Crippen molar-refractivity contribution in [3.63, 3.8) is 0 Å². The first kappa shape index (κ1) is 19.7. The lowest BCUT2D eigenvalue weighted by molar-refractivity contribution is -0.122. The normalized spacial score (nSPS) is 21.1. The van der Waals surface area contributed by atoms with Crippen LogP contribution < -0.4 is 10.2 Å². The number of amides is 3. The first-order chi connectivity index (χ1) is 13.8. The minimum atomic E-state index is -0.353. The third-order valence-electron chi connectivity index (χ3n) is 5.39. The molecular formula is C22H18Cl2N2O3. The summed E-state index contributed by atoms with van der Waals surface area (Å²) in [5, 5.41) is 3.53. The molecule has 0 bridgehead atoms. The second kappa shape index (κ2) is 7.65. The van der Waals surface area contributed by atoms with Crippen molar-refractivity contribution in [3.8, 4) is 0 Å². The van der Waals surface area contributed by atoms with E-state index in [2.05, 4.69) is 5.32 Å². The lowest BCUT2D eigenvalue weighted by Crippen LogP contribution is -2.30. The summed E-state index contributed by atoms with van der Waals surface area (Å²) in [5.74, 6) is -1.27. The van der Waals surface area contributed by atoms with Crippen LogP contribution in [0.5, 0.6) is 0 Å². The molecule has 0 saturated carbocycles. The van der Waals surface area contributed by atoms with Crippen LogP contribution >= 0.6 is 23.2 Å². The number of nitrogens with one attached hydrogen (secondary N) is 1. The van der Waals surface area contributed by atoms with Crippen molar-refractivity contribution < 1.29 is 14.4 Å². The SMILES string of the molecule is CC1=CC[C@H]2C(=O)N(c3ccc(C(=O)Nc4ccc(Cl)cc4Cl)cc3)C(=O)[C@@H]2C1. The number of nitrogens with zero attached hydrogens (tertiary/aromatic N) is 1. The Kier molecular flexibility index (Phi) is 5.19. The lowest BCUT2D eigenvalue weighted by Gasteiger charge is -2.18. The van der Waals surface area contributed by atoms with Crippen LogP contribution in [0.1, 0.15) is 30.1 Å². The fraction of sp³-hybridized carbons (Fsp3) is 0.227. The van der Waals surface area contributed by atoms with Crippen LogP contribution in [0, 0.1) is 11.8 Å². The molecule has 4 rings (SSSR count). The van der Waals surface area contributed by atoms with E-state index in [0.29, 0.717) is 39.8 Å². The van der Waals surface area contributed by atoms with Crippen molar-refractivity contribution in [2.45, 2.75) is 19.8 Å². The second-order valence-electron chi connectivity index (χ2n) is 7.34. The fourth-order valence-corrected chi connectivity index (χ4v) is 4.29. The number of hydrogen-bond acceptors (Lipinski definition) is 3. The quantitative estimate of drug-likeness (QED) is 0.546. The monoisotopic (exact) mass is 428 g/mol. The molecule has 0 radical (unpaired) electrons. The Morgan fingerprint density at radius 3 is 2.41 bits per heavy atom. The molecular weight excluding hydrogens is 411 g/mol. The van der Waals surface area contributed by atoms with Crippen LogP contribution in [0.25, 0.3) is 0 Å². The summed E-state index contributed by atoms with van der Waals surface area (Å²) in [6, 6.07) is 11.2. The lowest BCUT2D eigenvalue weighted by atomic mass is 9.82. The van der Waals surface area contributed by atoms with E-state index in [1.807, 2.05) is 13.0 Å². The zero-order valence-electron chi connectivity index (χ0n) is 15.6. The highest BCUT2D eigenvalue weighted by Gasteiger charge is 2.48. The zero-order valence-corrected chi connectivity index (χ0v) is 17.1. The summed E-state index contributed by atoms with van der Waals surface area (Å²) >= 11 is 12.0. The van der Waals surface area contributed by atoms with Gasteiger partial charge >= 0.3 is 0 Å². The van der Waals surface area contributed by atoms with Gasteiger partial charge in [-0.1, -0.05) is 34.9 Å². The van der Waals surface area contributed by atoms with Gasteiger partial charge in [-0.05, 0) is 62.2 Å². The van der Waals surface area contributed by atoms with Gasteiger partial charge in [-0.15, -0.1) is 0 Å². The van der Waals surface area contributed by atoms with E-state index in [1.54, 1.807) is 42.5 Å². The molecule has 1 fully saturated rings. The van der Waals surface area contributed by atoms with Crippen molar-refractivity contribution in [3.05, 3.63) is 69.7 Å². The topological polar surface area (TPSA) is 66.5 Å². The molecule has 1 heterocycles. The molecule has 1 saturated heterocycles. The average Bonchev–Trinajstić information content (AvgIpc) is 2.94. The molecule has 7 heteroatoms. The fourth-order valence-electron chi connectivity index (χ4n) is 3.84. The van der Waals surface area contributed by atoms with Gasteiger partial charge < -0.3 is 5.32 Å². The third kappa shape index (κ3) is 3.68. The zero-order chi connectivity index (χ0) is 20.7. The van der Waals surface area contributed by atoms with Gasteiger partial charge in [0.15, 0.2) is 0 Å². The standard InChI is InChI=1S/C22H18Cl2N2O3/c1-12-2-8-16-17(10-12)22(29)26(21(16)28)15-6-3-13(4-7-15)20(27)25-19-9-5-14(23)11-18(19)24/h2-7,9,11,16-17H,8,10H2,1H3,(H,25,27)/t16-,17-/m1/s1. The van der Waals surface area contributed by atoms with Crippen molar-refractivity contribution in [2.75, 3.05) is 10.2 Å². The molecule has 29 heavy (non-hydrogen) atoms. The molecule has 2 aromatic carbocycles. The van der Waals surface area contributed by atoms with Gasteiger partial charge in [-0.3, -0.25) is 19.3 Å². The first-order valence-corrected chi connectivity index (χ1v) is 10.0. The molecule has 0 aromatic heterocycles. The highest BCUT2D eigenvalue weighted by Crippen LogP contribution is 2.39. The smallest absolute Gasteiger partial charge is 0.255 e. The Hall–Kier alpha value is -2.63. The van der Waals surface area contributed by atoms with Gasteiger partial charge in [-0.2, -0.15) is 0 Å². The molecule has 1 aliphatic carbocycles. The van der Waals surface area contributed by atoms with Crippen LogP contribution in [0.4, 0.5) is 11.4 Å². The molecule has 5 nitrogen and oxygen atoms in total. The van der Waals surface area contributed by atoms with Gasteiger partial charge in [0.1, 0.15) is 0 Å². The van der Waals surface area contributed by atoms with Gasteiger partial charge in [-0.25, -0.2) is 0 Å². The van der Waals surface area contributed by atoms with E-state index in [9.17, 15) is 14.4 Å². The molecule has 2 atom stereocenters. The number of rotatable bonds is 3. The molecule has 1 aliphatic heterocycles. The van der Waals surface area contributed by atoms with Gasteiger partial charge in [0.05, 0.1) is 28.2 Å². The minimum absolute atomic E-state index is 0.169. The van der Waals surface area contributed by atoms with E-state index in [1.165, 1.54) is 4.90 Å². The van der Waals surface area contributed by atoms with Crippen LogP contribution in [0.2, 0.25) is 10.0 Å². The maximum Gasteiger partial charge on any atom is 0.255 e. The van der Waals surface area contributed by atoms with E-state index in [4.69, 9.17) is 23.2 Å². The van der Waals surface area contributed by atoms with Crippen molar-refractivity contribution >= 4 is 52.3 Å². The molecule has 1 N–H and O–H groups in total. The summed E-state index contributed by atoms with van der Waals surface area (Å²) in [4.78, 5) is 39.3. The Bertz CT molecular complexity index is 1050. The summed E-state index contributed by atoms with van der Waals surface area (Å²) in [7, 11) is 0. The number of hydrogen-bond donors (Lipinski definition) is 1. The summed E-state index contributed by atoms with van der Waals surface area (Å²) in [5.41, 5.74) is 2.45. The Balaban J connectivity index is 1.51. The number of carbonyl (C=O) groups excluding carboxylic acids is 3. The van der Waals surface area contributed by atoms with Gasteiger partial charge in [0.2, 0.25) is 11.8 Å². The predicted octanol–water partition coefficient (Wildman–Crippen LogP) is 5.09. The number of imide groups is 1. The highest BCUT2D eigenvalue weighted by atomic mass is 35.5. The predicted molar refractivity (Wildman–Crippen MR) is 113 cm³/mol. The Morgan fingerprint density at radius 2 is 1.72 bits per heavy atom. The van der Waals surface area contributed by atoms with Crippen molar-refractivity contribution in [1.29, 1.82) is 0 Å². The summed E-state index contributed by atoms with van der Waals surface area (Å²) < 4.78 is 0. The second-order valence-corrected chi connectivity index (χ2v) is 8.18. The number of halogens is 2. The summed E-state index contributed by atoms with van der Waals surface area (Å²) in [6.45, 7) is 1.98. The third-order valence-corrected chi connectivity index (χ3v) is 5.94. The van der Waals surface area contributed by atoms with Crippen LogP contribution in [0.3, 0.4) is 0 Å². The van der Waals surface area contributed by atoms with Crippen LogP contribution in [-0.2, 0) is 9.59 Å². The van der Waals surface area contributed by atoms with Gasteiger partial charge in [0, 0.05) is 10.6 Å². The largest absolute Gasteiger partial charge is 0.321 e. The number of benzene rings is 2. The van der Waals surface area contributed by atoms with Crippen molar-refractivity contribution in [1.82, 2.24) is 0 Å². The number of anilines is 2. The van der Waals surface area contributed by atoms with E-state index >= 15 is 0 Å². The van der Waals surface area contributed by atoms with E-state index in [-0.39, 0.29) is 29.6 Å². The van der Waals surface area contributed by atoms with Crippen LogP contribution in [0.15, 0.2) is 54.1 Å². The molecule has 0 unspecified atom stereocenters. The molecule has 2 aliphatic rings. The maximum atomic E-state index is 12.8. The Labute approximate surface area is 178 Å². The van der Waals surface area contributed by atoms with Gasteiger partial charge in [0.25, 0.3) is 5.91 Å². The summed E-state index contributed by atoms with van der Waals surface area (Å²) in [6.07, 6.45) is 3.25. The average molecular weight is 429 g/mol. The molecule has 2 aromatic rings. The number of allylic oxidation sites excluding steroid dienone is 2. The molecule has 3 amide bonds. The Morgan fingerprint density at radius 1 is 1.03 bits per heavy atom. The van der Waals surface area contributed by atoms with Crippen LogP contribution in [-0.4, -0.2) is 17.7 Å². The number of fused-ring (bicyclic) bond motifs is 1. The first-order valence-electron chi connectivity index (χ1n) is 9.25. The highest BCUT2D eigenvalue weighted by molar-refractivity contribution is 6.36. The van der Waals surface area contributed by atoms with Crippen molar-refractivity contribution in [2.24, 2.45) is 11.8 Å². The maximum absolute atomic E-state index is 12.8. The van der Waals surface area contributed by atoms with E-state index < -0.39 is 0 Å². The minimum Gasteiger partial charge on any atom is -0.321 e. The number of carbonyl (C=O) groups is 3. The molecule has 148 valence electrons. The molecule has 0 spiro atoms.